The molecule has 1 aromatic heterocycles. The van der Waals surface area contributed by atoms with Crippen LogP contribution in [-0.4, -0.2) is 15.8 Å². The summed E-state index contributed by atoms with van der Waals surface area (Å²) >= 11 is 0. The lowest BCUT2D eigenvalue weighted by Gasteiger charge is -2.14. The minimum absolute atomic E-state index is 0.353. The second kappa shape index (κ2) is 9.11. The molecule has 0 bridgehead atoms. The Bertz CT molecular complexity index is 308. The van der Waals surface area contributed by atoms with Crippen molar-refractivity contribution in [3.05, 3.63) is 18.0 Å². The molecule has 0 aliphatic rings. The molecular formula is C14H28N4. The van der Waals surface area contributed by atoms with Gasteiger partial charge in [0.15, 0.2) is 0 Å². The number of unbranched alkanes of at least 4 members (excludes halogenated alkanes) is 5. The molecular weight excluding hydrogens is 224 g/mol. The molecule has 0 aliphatic heterocycles. The van der Waals surface area contributed by atoms with Crippen LogP contribution in [0.25, 0.3) is 0 Å². The Morgan fingerprint density at radius 3 is 2.61 bits per heavy atom. The van der Waals surface area contributed by atoms with Gasteiger partial charge in [0.2, 0.25) is 0 Å². The first-order valence-electron chi connectivity index (χ1n) is 7.21. The first kappa shape index (κ1) is 15.2. The highest BCUT2D eigenvalue weighted by Gasteiger charge is 2.09. The van der Waals surface area contributed by atoms with E-state index >= 15 is 0 Å². The number of rotatable bonds is 10. The van der Waals surface area contributed by atoms with E-state index in [0.717, 1.165) is 18.5 Å². The van der Waals surface area contributed by atoms with Gasteiger partial charge in [0, 0.05) is 25.7 Å². The number of nitrogens with zero attached hydrogens (tertiary/aromatic N) is 2. The van der Waals surface area contributed by atoms with Gasteiger partial charge in [-0.2, -0.15) is 5.10 Å². The molecule has 104 valence electrons. The van der Waals surface area contributed by atoms with Gasteiger partial charge >= 0.3 is 0 Å². The lowest BCUT2D eigenvalue weighted by molar-refractivity contribution is 0.455. The number of nitrogens with one attached hydrogen (secondary N) is 1. The smallest absolute Gasteiger partial charge is 0.0640 e. The van der Waals surface area contributed by atoms with Gasteiger partial charge in [0.1, 0.15) is 0 Å². The number of hydrogen-bond donors (Lipinski definition) is 2. The fraction of sp³-hybridized carbons (Fsp3) is 0.786. The summed E-state index contributed by atoms with van der Waals surface area (Å²) in [6.45, 7) is 2.25. The number of hydrogen-bond acceptors (Lipinski definition) is 3. The van der Waals surface area contributed by atoms with Gasteiger partial charge in [-0.3, -0.25) is 16.0 Å². The molecule has 0 amide bonds. The van der Waals surface area contributed by atoms with Crippen LogP contribution in [0.3, 0.4) is 0 Å². The molecule has 0 saturated heterocycles. The van der Waals surface area contributed by atoms with E-state index in [1.807, 2.05) is 17.9 Å². The predicted octanol–water partition coefficient (Wildman–Crippen LogP) is 2.55. The lowest BCUT2D eigenvalue weighted by Crippen LogP contribution is -2.36. The maximum Gasteiger partial charge on any atom is 0.0640 e. The van der Waals surface area contributed by atoms with E-state index in [9.17, 15) is 0 Å². The summed E-state index contributed by atoms with van der Waals surface area (Å²) in [4.78, 5) is 0. The van der Waals surface area contributed by atoms with Crippen molar-refractivity contribution in [2.75, 3.05) is 0 Å². The van der Waals surface area contributed by atoms with E-state index in [4.69, 9.17) is 5.84 Å². The average molecular weight is 252 g/mol. The van der Waals surface area contributed by atoms with Crippen LogP contribution in [0.15, 0.2) is 12.3 Å². The number of hydrazine groups is 1. The molecule has 0 radical (unpaired) electrons. The SMILES string of the molecule is CCCCCCCCC(Cc1ccn(C)n1)NN. The fourth-order valence-corrected chi connectivity index (χ4v) is 2.24. The molecule has 1 heterocycles. The molecule has 1 unspecified atom stereocenters. The Kier molecular flexibility index (Phi) is 7.69. The van der Waals surface area contributed by atoms with Gasteiger partial charge in [0.25, 0.3) is 0 Å². The summed E-state index contributed by atoms with van der Waals surface area (Å²) in [5, 5.41) is 4.39. The third kappa shape index (κ3) is 6.17. The van der Waals surface area contributed by atoms with E-state index in [1.165, 1.54) is 38.5 Å². The third-order valence-corrected chi connectivity index (χ3v) is 3.37. The topological polar surface area (TPSA) is 55.9 Å². The minimum Gasteiger partial charge on any atom is -0.276 e. The average Bonchev–Trinajstić information content (AvgIpc) is 2.77. The normalized spacial score (nSPS) is 12.8. The van der Waals surface area contributed by atoms with Gasteiger partial charge in [-0.1, -0.05) is 45.4 Å². The zero-order chi connectivity index (χ0) is 13.2. The number of aromatic nitrogens is 2. The second-order valence-corrected chi connectivity index (χ2v) is 5.10. The van der Waals surface area contributed by atoms with Crippen molar-refractivity contribution >= 4 is 0 Å². The van der Waals surface area contributed by atoms with E-state index < -0.39 is 0 Å². The first-order chi connectivity index (χ1) is 8.76. The largest absolute Gasteiger partial charge is 0.276 e. The molecule has 1 rings (SSSR count). The van der Waals surface area contributed by atoms with E-state index in [2.05, 4.69) is 23.5 Å². The standard InChI is InChI=1S/C14H28N4/c1-3-4-5-6-7-8-9-13(16-15)12-14-10-11-18(2)17-14/h10-11,13,16H,3-9,12,15H2,1-2H3. The van der Waals surface area contributed by atoms with Gasteiger partial charge in [-0.05, 0) is 12.5 Å². The Labute approximate surface area is 111 Å². The van der Waals surface area contributed by atoms with E-state index in [-0.39, 0.29) is 0 Å². The van der Waals surface area contributed by atoms with Crippen molar-refractivity contribution in [3.63, 3.8) is 0 Å². The van der Waals surface area contributed by atoms with Crippen molar-refractivity contribution in [2.45, 2.75) is 64.3 Å². The van der Waals surface area contributed by atoms with Crippen molar-refractivity contribution in [1.29, 1.82) is 0 Å². The minimum atomic E-state index is 0.353. The Morgan fingerprint density at radius 2 is 2.00 bits per heavy atom. The summed E-state index contributed by atoms with van der Waals surface area (Å²) < 4.78 is 1.84. The Morgan fingerprint density at radius 1 is 1.28 bits per heavy atom. The lowest BCUT2D eigenvalue weighted by atomic mass is 10.0. The molecule has 0 aliphatic carbocycles. The summed E-state index contributed by atoms with van der Waals surface area (Å²) in [5.74, 6) is 5.61. The highest BCUT2D eigenvalue weighted by Crippen LogP contribution is 2.10. The van der Waals surface area contributed by atoms with Crippen molar-refractivity contribution < 1.29 is 0 Å². The highest BCUT2D eigenvalue weighted by molar-refractivity contribution is 5.01. The first-order valence-corrected chi connectivity index (χ1v) is 7.21. The van der Waals surface area contributed by atoms with Crippen LogP contribution in [0.2, 0.25) is 0 Å². The van der Waals surface area contributed by atoms with Crippen molar-refractivity contribution in [3.8, 4) is 0 Å². The maximum atomic E-state index is 5.61. The molecule has 3 N–H and O–H groups in total. The molecule has 1 aromatic rings. The fourth-order valence-electron chi connectivity index (χ4n) is 2.24. The maximum absolute atomic E-state index is 5.61. The summed E-state index contributed by atoms with van der Waals surface area (Å²) in [6, 6.07) is 2.41. The van der Waals surface area contributed by atoms with Crippen molar-refractivity contribution in [1.82, 2.24) is 15.2 Å². The summed E-state index contributed by atoms with van der Waals surface area (Å²) in [7, 11) is 1.95. The third-order valence-electron chi connectivity index (χ3n) is 3.37. The summed E-state index contributed by atoms with van der Waals surface area (Å²) in [5.41, 5.74) is 4.03. The van der Waals surface area contributed by atoms with E-state index in [0.29, 0.717) is 6.04 Å². The number of nitrogens with two attached hydrogens (primary N) is 1. The van der Waals surface area contributed by atoms with Crippen LogP contribution in [0.1, 0.15) is 57.6 Å². The van der Waals surface area contributed by atoms with Crippen LogP contribution < -0.4 is 11.3 Å². The van der Waals surface area contributed by atoms with Crippen LogP contribution in [0.5, 0.6) is 0 Å². The molecule has 0 aromatic carbocycles. The van der Waals surface area contributed by atoms with Gasteiger partial charge < -0.3 is 0 Å². The quantitative estimate of drug-likeness (QED) is 0.382. The van der Waals surface area contributed by atoms with E-state index in [1.54, 1.807) is 0 Å². The molecule has 1 atom stereocenters. The van der Waals surface area contributed by atoms with Gasteiger partial charge in [0.05, 0.1) is 5.69 Å². The van der Waals surface area contributed by atoms with Crippen LogP contribution in [0, 0.1) is 0 Å². The van der Waals surface area contributed by atoms with Crippen LogP contribution in [-0.2, 0) is 13.5 Å². The monoisotopic (exact) mass is 252 g/mol. The Balaban J connectivity index is 2.13. The molecule has 4 heteroatoms. The second-order valence-electron chi connectivity index (χ2n) is 5.10. The summed E-state index contributed by atoms with van der Waals surface area (Å²) in [6.07, 6.45) is 12.0. The van der Waals surface area contributed by atoms with Crippen molar-refractivity contribution in [2.24, 2.45) is 12.9 Å². The zero-order valence-electron chi connectivity index (χ0n) is 11.9. The van der Waals surface area contributed by atoms with Gasteiger partial charge in [-0.25, -0.2) is 0 Å². The molecule has 0 saturated carbocycles. The van der Waals surface area contributed by atoms with Crippen LogP contribution in [0.4, 0.5) is 0 Å². The molecule has 0 fully saturated rings. The molecule has 4 nitrogen and oxygen atoms in total. The number of aryl methyl sites for hydroxylation is 1. The highest BCUT2D eigenvalue weighted by atomic mass is 15.3. The predicted molar refractivity (Wildman–Crippen MR) is 76.0 cm³/mol. The van der Waals surface area contributed by atoms with Crippen LogP contribution >= 0.6 is 0 Å². The zero-order valence-corrected chi connectivity index (χ0v) is 11.9. The molecule has 0 spiro atoms. The van der Waals surface area contributed by atoms with Gasteiger partial charge in [-0.15, -0.1) is 0 Å². The molecule has 18 heavy (non-hydrogen) atoms. The Hall–Kier alpha value is -0.870.